The van der Waals surface area contributed by atoms with Gasteiger partial charge in [0.05, 0.1) is 5.56 Å². The smallest absolute Gasteiger partial charge is 0.329 e. The fourth-order valence-corrected chi connectivity index (χ4v) is 3.39. The van der Waals surface area contributed by atoms with Crippen molar-refractivity contribution in [2.45, 2.75) is 38.1 Å². The average molecular weight is 419 g/mol. The Hall–Kier alpha value is -0.880. The van der Waals surface area contributed by atoms with Gasteiger partial charge in [-0.15, -0.1) is 0 Å². The van der Waals surface area contributed by atoms with Crippen LogP contribution in [0.4, 0.5) is 0 Å². The Labute approximate surface area is 140 Å². The van der Waals surface area contributed by atoms with Crippen molar-refractivity contribution in [2.24, 2.45) is 5.92 Å². The first-order chi connectivity index (χ1) is 9.84. The number of rotatable bonds is 3. The zero-order valence-electron chi connectivity index (χ0n) is 11.7. The maximum atomic E-state index is 12.5. The van der Waals surface area contributed by atoms with Crippen molar-refractivity contribution in [1.82, 2.24) is 5.32 Å². The number of aliphatic carboxylic acids is 1. The van der Waals surface area contributed by atoms with E-state index >= 15 is 0 Å². The molecule has 4 nitrogen and oxygen atoms in total. The van der Waals surface area contributed by atoms with Crippen molar-refractivity contribution < 1.29 is 14.7 Å². The summed E-state index contributed by atoms with van der Waals surface area (Å²) in [6, 6.07) is 5.26. The monoisotopic (exact) mass is 417 g/mol. The van der Waals surface area contributed by atoms with Gasteiger partial charge in [0.15, 0.2) is 0 Å². The molecule has 0 aliphatic heterocycles. The van der Waals surface area contributed by atoms with Gasteiger partial charge in [-0.1, -0.05) is 22.9 Å². The van der Waals surface area contributed by atoms with Gasteiger partial charge in [0.25, 0.3) is 5.91 Å². The molecule has 114 valence electrons. The van der Waals surface area contributed by atoms with Crippen LogP contribution in [0.1, 0.15) is 43.0 Å². The fourth-order valence-electron chi connectivity index (χ4n) is 2.60. The Morgan fingerprint density at radius 1 is 1.29 bits per heavy atom. The number of carbonyl (C=O) groups is 2. The predicted octanol–water partition coefficient (Wildman–Crippen LogP) is 3.97. The van der Waals surface area contributed by atoms with Gasteiger partial charge >= 0.3 is 5.97 Å². The summed E-state index contributed by atoms with van der Waals surface area (Å²) in [5.41, 5.74) is -0.714. The van der Waals surface area contributed by atoms with Gasteiger partial charge in [0, 0.05) is 8.95 Å². The normalized spacial score (nSPS) is 25.4. The van der Waals surface area contributed by atoms with Crippen molar-refractivity contribution in [3.05, 3.63) is 32.7 Å². The van der Waals surface area contributed by atoms with Crippen LogP contribution < -0.4 is 5.32 Å². The standard InChI is InChI=1S/C15H17Br2NO3/c1-9-4-6-15(7-5-9,14(20)21)18-13(19)11-8-10(16)2-3-12(11)17/h2-3,8-9H,4-7H2,1H3,(H,18,19)(H,20,21). The lowest BCUT2D eigenvalue weighted by Gasteiger charge is -2.36. The Bertz CT molecular complexity index is 566. The van der Waals surface area contributed by atoms with Gasteiger partial charge in [-0.25, -0.2) is 4.79 Å². The molecule has 21 heavy (non-hydrogen) atoms. The van der Waals surface area contributed by atoms with Crippen molar-refractivity contribution in [2.75, 3.05) is 0 Å². The lowest BCUT2D eigenvalue weighted by molar-refractivity contribution is -0.146. The van der Waals surface area contributed by atoms with Crippen LogP contribution in [-0.4, -0.2) is 22.5 Å². The van der Waals surface area contributed by atoms with Crippen LogP contribution in [0.25, 0.3) is 0 Å². The van der Waals surface area contributed by atoms with Gasteiger partial charge in [-0.3, -0.25) is 4.79 Å². The van der Waals surface area contributed by atoms with Crippen LogP contribution in [0.3, 0.4) is 0 Å². The van der Waals surface area contributed by atoms with Gasteiger partial charge in [0.2, 0.25) is 0 Å². The Morgan fingerprint density at radius 3 is 2.48 bits per heavy atom. The maximum Gasteiger partial charge on any atom is 0.329 e. The van der Waals surface area contributed by atoms with E-state index < -0.39 is 11.5 Å². The minimum Gasteiger partial charge on any atom is -0.480 e. The highest BCUT2D eigenvalue weighted by Crippen LogP contribution is 2.33. The summed E-state index contributed by atoms with van der Waals surface area (Å²) >= 11 is 6.65. The number of benzene rings is 1. The van der Waals surface area contributed by atoms with Crippen LogP contribution in [0.2, 0.25) is 0 Å². The Kier molecular flexibility index (Phi) is 5.09. The third kappa shape index (κ3) is 3.66. The molecule has 1 fully saturated rings. The van der Waals surface area contributed by atoms with E-state index in [0.717, 1.165) is 17.3 Å². The molecule has 1 aliphatic rings. The molecular formula is C15H17Br2NO3. The largest absolute Gasteiger partial charge is 0.480 e. The lowest BCUT2D eigenvalue weighted by atomic mass is 9.77. The average Bonchev–Trinajstić information content (AvgIpc) is 2.44. The highest BCUT2D eigenvalue weighted by molar-refractivity contribution is 9.11. The SMILES string of the molecule is CC1CCC(NC(=O)c2cc(Br)ccc2Br)(C(=O)O)CC1. The van der Waals surface area contributed by atoms with Crippen LogP contribution in [-0.2, 0) is 4.79 Å². The summed E-state index contributed by atoms with van der Waals surface area (Å²) in [7, 11) is 0. The molecule has 6 heteroatoms. The molecule has 0 unspecified atom stereocenters. The second-order valence-electron chi connectivity index (χ2n) is 5.65. The number of carboxylic acids is 1. The molecule has 2 rings (SSSR count). The Morgan fingerprint density at radius 2 is 1.90 bits per heavy atom. The van der Waals surface area contributed by atoms with Gasteiger partial charge in [-0.05, 0) is 65.7 Å². The second-order valence-corrected chi connectivity index (χ2v) is 7.42. The number of carbonyl (C=O) groups excluding carboxylic acids is 1. The fraction of sp³-hybridized carbons (Fsp3) is 0.467. The molecule has 0 aromatic heterocycles. The molecule has 1 aromatic rings. The van der Waals surface area contributed by atoms with E-state index in [-0.39, 0.29) is 5.91 Å². The molecule has 0 spiro atoms. The zero-order valence-corrected chi connectivity index (χ0v) is 14.8. The van der Waals surface area contributed by atoms with Gasteiger partial charge in [-0.2, -0.15) is 0 Å². The molecule has 0 heterocycles. The van der Waals surface area contributed by atoms with Crippen molar-refractivity contribution >= 4 is 43.7 Å². The lowest BCUT2D eigenvalue weighted by Crippen LogP contribution is -2.56. The van der Waals surface area contributed by atoms with Crippen LogP contribution >= 0.6 is 31.9 Å². The molecule has 0 bridgehead atoms. The minimum absolute atomic E-state index is 0.361. The van der Waals surface area contributed by atoms with Crippen molar-refractivity contribution in [3.8, 4) is 0 Å². The van der Waals surface area contributed by atoms with Gasteiger partial charge < -0.3 is 10.4 Å². The quantitative estimate of drug-likeness (QED) is 0.780. The van der Waals surface area contributed by atoms with E-state index in [1.165, 1.54) is 0 Å². The molecule has 0 radical (unpaired) electrons. The van der Waals surface area contributed by atoms with E-state index in [4.69, 9.17) is 0 Å². The number of carboxylic acid groups (broad SMARTS) is 1. The summed E-state index contributed by atoms with van der Waals surface area (Å²) in [5, 5.41) is 12.3. The number of amides is 1. The Balaban J connectivity index is 2.23. The minimum atomic E-state index is -1.15. The first-order valence-electron chi connectivity index (χ1n) is 6.85. The number of hydrogen-bond acceptors (Lipinski definition) is 2. The number of nitrogens with one attached hydrogen (secondary N) is 1. The summed E-state index contributed by atoms with van der Waals surface area (Å²) < 4.78 is 1.42. The molecule has 2 N–H and O–H groups in total. The first-order valence-corrected chi connectivity index (χ1v) is 8.43. The number of hydrogen-bond donors (Lipinski definition) is 2. The number of halogens is 2. The molecule has 1 amide bonds. The molecule has 1 aromatic carbocycles. The van der Waals surface area contributed by atoms with Gasteiger partial charge in [0.1, 0.15) is 5.54 Å². The predicted molar refractivity (Wildman–Crippen MR) is 87.3 cm³/mol. The molecule has 1 aliphatic carbocycles. The van der Waals surface area contributed by atoms with Crippen molar-refractivity contribution in [1.29, 1.82) is 0 Å². The summed E-state index contributed by atoms with van der Waals surface area (Å²) in [4.78, 5) is 24.1. The third-order valence-electron chi connectivity index (χ3n) is 4.06. The van der Waals surface area contributed by atoms with E-state index in [0.29, 0.717) is 28.8 Å². The van der Waals surface area contributed by atoms with E-state index in [1.54, 1.807) is 12.1 Å². The highest BCUT2D eigenvalue weighted by atomic mass is 79.9. The first kappa shape index (κ1) is 16.5. The highest BCUT2D eigenvalue weighted by Gasteiger charge is 2.42. The van der Waals surface area contributed by atoms with Crippen LogP contribution in [0.15, 0.2) is 27.1 Å². The van der Waals surface area contributed by atoms with E-state index in [9.17, 15) is 14.7 Å². The summed E-state index contributed by atoms with van der Waals surface area (Å²) in [5.74, 6) is -0.805. The van der Waals surface area contributed by atoms with Crippen LogP contribution in [0, 0.1) is 5.92 Å². The zero-order chi connectivity index (χ0) is 15.6. The summed E-state index contributed by atoms with van der Waals surface area (Å²) in [6.07, 6.45) is 2.57. The topological polar surface area (TPSA) is 66.4 Å². The molecule has 1 saturated carbocycles. The molecular weight excluding hydrogens is 402 g/mol. The second kappa shape index (κ2) is 6.48. The van der Waals surface area contributed by atoms with E-state index in [2.05, 4.69) is 44.1 Å². The van der Waals surface area contributed by atoms with Crippen LogP contribution in [0.5, 0.6) is 0 Å². The summed E-state index contributed by atoms with van der Waals surface area (Å²) in [6.45, 7) is 2.11. The van der Waals surface area contributed by atoms with Crippen molar-refractivity contribution in [3.63, 3.8) is 0 Å². The third-order valence-corrected chi connectivity index (χ3v) is 5.25. The van der Waals surface area contributed by atoms with E-state index in [1.807, 2.05) is 6.07 Å². The molecule has 0 atom stereocenters. The molecule has 0 saturated heterocycles. The maximum absolute atomic E-state index is 12.5.